The van der Waals surface area contributed by atoms with Crippen molar-refractivity contribution in [3.05, 3.63) is 36.9 Å². The fourth-order valence-corrected chi connectivity index (χ4v) is 2.65. The number of rotatable bonds is 7. The lowest BCUT2D eigenvalue weighted by Crippen LogP contribution is -2.32. The fourth-order valence-electron chi connectivity index (χ4n) is 2.65. The molecule has 1 saturated heterocycles. The van der Waals surface area contributed by atoms with Gasteiger partial charge in [0, 0.05) is 44.0 Å². The molecule has 0 aromatic heterocycles. The lowest BCUT2D eigenvalue weighted by molar-refractivity contribution is -0.120. The van der Waals surface area contributed by atoms with Gasteiger partial charge < -0.3 is 15.5 Å². The second-order valence-corrected chi connectivity index (χ2v) is 5.99. The van der Waals surface area contributed by atoms with Crippen LogP contribution < -0.4 is 15.5 Å². The van der Waals surface area contributed by atoms with Crippen LogP contribution in [0.5, 0.6) is 0 Å². The molecule has 2 rings (SSSR count). The molecule has 0 saturated carbocycles. The molecule has 1 heterocycles. The molecule has 22 heavy (non-hydrogen) atoms. The van der Waals surface area contributed by atoms with Crippen LogP contribution >= 0.6 is 0 Å². The van der Waals surface area contributed by atoms with Crippen LogP contribution in [0.4, 0.5) is 11.4 Å². The summed E-state index contributed by atoms with van der Waals surface area (Å²) in [6.45, 7) is 9.38. The van der Waals surface area contributed by atoms with Crippen molar-refractivity contribution in [2.24, 2.45) is 5.92 Å². The average Bonchev–Trinajstić information content (AvgIpc) is 2.54. The molecule has 1 aromatic rings. The molecule has 1 fully saturated rings. The second-order valence-electron chi connectivity index (χ2n) is 5.99. The van der Waals surface area contributed by atoms with E-state index in [1.165, 1.54) is 18.5 Å². The number of carbonyl (C=O) groups is 1. The number of hydrogen-bond donors (Lipinski definition) is 2. The van der Waals surface area contributed by atoms with E-state index < -0.39 is 0 Å². The van der Waals surface area contributed by atoms with E-state index in [1.807, 2.05) is 0 Å². The van der Waals surface area contributed by atoms with Crippen LogP contribution in [0.15, 0.2) is 36.9 Å². The zero-order valence-electron chi connectivity index (χ0n) is 13.5. The van der Waals surface area contributed by atoms with E-state index in [4.69, 9.17) is 0 Å². The smallest absolute Gasteiger partial charge is 0.222 e. The monoisotopic (exact) mass is 301 g/mol. The van der Waals surface area contributed by atoms with Gasteiger partial charge in [-0.1, -0.05) is 13.0 Å². The summed E-state index contributed by atoms with van der Waals surface area (Å²) in [5.74, 6) is 0.899. The van der Waals surface area contributed by atoms with Gasteiger partial charge in [0.15, 0.2) is 0 Å². The molecule has 0 bridgehead atoms. The van der Waals surface area contributed by atoms with Crippen LogP contribution in [0.1, 0.15) is 26.2 Å². The minimum atomic E-state index is 0.0476. The Bertz CT molecular complexity index is 476. The molecule has 1 aliphatic heterocycles. The highest BCUT2D eigenvalue weighted by molar-refractivity contribution is 5.76. The fraction of sp³-hybridized carbons (Fsp3) is 0.500. The first-order valence-electron chi connectivity index (χ1n) is 8.15. The van der Waals surface area contributed by atoms with Crippen molar-refractivity contribution in [1.29, 1.82) is 0 Å². The zero-order chi connectivity index (χ0) is 15.8. The summed E-state index contributed by atoms with van der Waals surface area (Å²) in [4.78, 5) is 13.9. The summed E-state index contributed by atoms with van der Waals surface area (Å²) in [5, 5.41) is 6.05. The highest BCUT2D eigenvalue weighted by Gasteiger charge is 2.15. The summed E-state index contributed by atoms with van der Waals surface area (Å²) in [6, 6.07) is 8.51. The van der Waals surface area contributed by atoms with E-state index in [0.717, 1.165) is 24.7 Å². The van der Waals surface area contributed by atoms with E-state index in [2.05, 4.69) is 53.3 Å². The number of hydrogen-bond acceptors (Lipinski definition) is 3. The van der Waals surface area contributed by atoms with Gasteiger partial charge in [0.05, 0.1) is 0 Å². The molecule has 120 valence electrons. The molecule has 0 radical (unpaired) electrons. The second kappa shape index (κ2) is 8.47. The molecule has 4 heteroatoms. The quantitative estimate of drug-likeness (QED) is 0.761. The molecule has 1 amide bonds. The number of benzene rings is 1. The van der Waals surface area contributed by atoms with Gasteiger partial charge in [0.1, 0.15) is 0 Å². The van der Waals surface area contributed by atoms with Gasteiger partial charge in [-0.3, -0.25) is 4.79 Å². The van der Waals surface area contributed by atoms with Gasteiger partial charge in [-0.05, 0) is 43.0 Å². The predicted molar refractivity (Wildman–Crippen MR) is 93.4 cm³/mol. The highest BCUT2D eigenvalue weighted by Crippen LogP contribution is 2.24. The number of amides is 1. The maximum absolute atomic E-state index is 11.5. The Morgan fingerprint density at radius 3 is 2.64 bits per heavy atom. The van der Waals surface area contributed by atoms with Gasteiger partial charge in [0.2, 0.25) is 5.91 Å². The average molecular weight is 301 g/mol. The van der Waals surface area contributed by atoms with Gasteiger partial charge >= 0.3 is 0 Å². The summed E-state index contributed by atoms with van der Waals surface area (Å²) in [7, 11) is 0. The normalized spacial score (nSPS) is 15.4. The first kappa shape index (κ1) is 16.4. The predicted octanol–water partition coefficient (Wildman–Crippen LogP) is 3.03. The van der Waals surface area contributed by atoms with Crippen LogP contribution in [0.3, 0.4) is 0 Å². The van der Waals surface area contributed by atoms with Crippen molar-refractivity contribution in [2.45, 2.75) is 26.2 Å². The number of nitrogens with zero attached hydrogens (tertiary/aromatic N) is 1. The topological polar surface area (TPSA) is 44.4 Å². The van der Waals surface area contributed by atoms with Crippen molar-refractivity contribution in [1.82, 2.24) is 5.32 Å². The lowest BCUT2D eigenvalue weighted by atomic mass is 9.99. The zero-order valence-corrected chi connectivity index (χ0v) is 13.5. The number of anilines is 2. The Kier molecular flexibility index (Phi) is 6.31. The van der Waals surface area contributed by atoms with Crippen molar-refractivity contribution in [2.75, 3.05) is 36.4 Å². The molecular weight excluding hydrogens is 274 g/mol. The van der Waals surface area contributed by atoms with Crippen molar-refractivity contribution < 1.29 is 4.79 Å². The third-order valence-corrected chi connectivity index (χ3v) is 4.14. The molecule has 0 unspecified atom stereocenters. The summed E-state index contributed by atoms with van der Waals surface area (Å²) in [5.41, 5.74) is 2.35. The minimum absolute atomic E-state index is 0.0476. The Hall–Kier alpha value is -1.97. The first-order valence-corrected chi connectivity index (χ1v) is 8.15. The van der Waals surface area contributed by atoms with Gasteiger partial charge in [0.25, 0.3) is 0 Å². The van der Waals surface area contributed by atoms with Gasteiger partial charge in [-0.2, -0.15) is 0 Å². The Balaban J connectivity index is 1.75. The van der Waals surface area contributed by atoms with E-state index in [0.29, 0.717) is 19.5 Å². The molecule has 1 aliphatic rings. The van der Waals surface area contributed by atoms with Crippen LogP contribution in [-0.4, -0.2) is 32.1 Å². The van der Waals surface area contributed by atoms with E-state index in [-0.39, 0.29) is 5.91 Å². The maximum atomic E-state index is 11.5. The van der Waals surface area contributed by atoms with E-state index in [9.17, 15) is 4.79 Å². The third kappa shape index (κ3) is 5.10. The number of carbonyl (C=O) groups excluding carboxylic acids is 1. The lowest BCUT2D eigenvalue weighted by Gasteiger charge is -2.32. The molecule has 1 aromatic carbocycles. The largest absolute Gasteiger partial charge is 0.385 e. The van der Waals surface area contributed by atoms with Crippen LogP contribution in [0.2, 0.25) is 0 Å². The van der Waals surface area contributed by atoms with Crippen molar-refractivity contribution in [3.63, 3.8) is 0 Å². The Morgan fingerprint density at radius 1 is 1.32 bits per heavy atom. The van der Waals surface area contributed by atoms with Crippen LogP contribution in [0.25, 0.3) is 0 Å². The molecular formula is C18H27N3O. The van der Waals surface area contributed by atoms with Crippen LogP contribution in [-0.2, 0) is 4.79 Å². The van der Waals surface area contributed by atoms with Gasteiger partial charge in [-0.25, -0.2) is 0 Å². The summed E-state index contributed by atoms with van der Waals surface area (Å²) in [6.07, 6.45) is 4.71. The van der Waals surface area contributed by atoms with E-state index in [1.54, 1.807) is 6.08 Å². The number of nitrogens with one attached hydrogen (secondary N) is 2. The van der Waals surface area contributed by atoms with Gasteiger partial charge in [-0.15, -0.1) is 6.58 Å². The SMILES string of the molecule is C=CCNC(=O)CCNc1ccc(N2CCC(C)CC2)cc1. The van der Waals surface area contributed by atoms with Crippen molar-refractivity contribution in [3.8, 4) is 0 Å². The first-order chi connectivity index (χ1) is 10.7. The molecule has 0 aliphatic carbocycles. The van der Waals surface area contributed by atoms with E-state index >= 15 is 0 Å². The minimum Gasteiger partial charge on any atom is -0.385 e. The van der Waals surface area contributed by atoms with Crippen molar-refractivity contribution >= 4 is 17.3 Å². The standard InChI is InChI=1S/C18H27N3O/c1-3-11-20-18(22)8-12-19-16-4-6-17(7-5-16)21-13-9-15(2)10-14-21/h3-7,15,19H,1,8-14H2,2H3,(H,20,22). The third-order valence-electron chi connectivity index (χ3n) is 4.14. The molecule has 0 spiro atoms. The summed E-state index contributed by atoms with van der Waals surface area (Å²) < 4.78 is 0. The molecule has 0 atom stereocenters. The number of piperidine rings is 1. The molecule has 4 nitrogen and oxygen atoms in total. The Labute approximate surface area is 133 Å². The maximum Gasteiger partial charge on any atom is 0.222 e. The summed E-state index contributed by atoms with van der Waals surface area (Å²) >= 11 is 0. The van der Waals surface area contributed by atoms with Crippen LogP contribution in [0, 0.1) is 5.92 Å². The molecule has 2 N–H and O–H groups in total. The highest BCUT2D eigenvalue weighted by atomic mass is 16.1. The Morgan fingerprint density at radius 2 is 2.00 bits per heavy atom.